The van der Waals surface area contributed by atoms with Crippen LogP contribution in [0.5, 0.6) is 0 Å². The average Bonchev–Trinajstić information content (AvgIpc) is 2.97. The van der Waals surface area contributed by atoms with Crippen LogP contribution < -0.4 is 0 Å². The fourth-order valence-corrected chi connectivity index (χ4v) is 3.12. The fraction of sp³-hybridized carbons (Fsp3) is 0.522. The Hall–Kier alpha value is -2.03. The molecule has 0 saturated carbocycles. The van der Waals surface area contributed by atoms with Gasteiger partial charge in [0.2, 0.25) is 5.91 Å². The van der Waals surface area contributed by atoms with Gasteiger partial charge in [-0.1, -0.05) is 64.4 Å². The van der Waals surface area contributed by atoms with Gasteiger partial charge in [0.05, 0.1) is 6.54 Å². The first-order valence-electron chi connectivity index (χ1n) is 9.60. The Morgan fingerprint density at radius 1 is 1.12 bits per heavy atom. The van der Waals surface area contributed by atoms with Gasteiger partial charge in [-0.05, 0) is 37.5 Å². The highest BCUT2D eigenvalue weighted by Crippen LogP contribution is 2.24. The molecule has 0 bridgehead atoms. The van der Waals surface area contributed by atoms with Crippen LogP contribution in [-0.2, 0) is 17.9 Å². The van der Waals surface area contributed by atoms with Crippen LogP contribution in [0, 0.1) is 18.3 Å². The number of benzene rings is 1. The minimum Gasteiger partial charge on any atom is -0.345 e. The summed E-state index contributed by atoms with van der Waals surface area (Å²) < 4.78 is 2.25. The molecule has 0 aliphatic heterocycles. The van der Waals surface area contributed by atoms with Crippen LogP contribution in [0.15, 0.2) is 42.6 Å². The minimum absolute atomic E-state index is 0.198. The summed E-state index contributed by atoms with van der Waals surface area (Å²) in [5, 5.41) is 0. The second-order valence-electron chi connectivity index (χ2n) is 8.78. The molecule has 0 fully saturated rings. The molecule has 1 heterocycles. The molecule has 1 atom stereocenters. The van der Waals surface area contributed by atoms with Gasteiger partial charge in [-0.2, -0.15) is 0 Å². The Morgan fingerprint density at radius 2 is 1.81 bits per heavy atom. The SMILES string of the molecule is Cc1cccc(Cn2cccc2CN(C(=O)C(C)(C)C)[C@H](C)C(C)C)c1. The van der Waals surface area contributed by atoms with Crippen molar-refractivity contribution in [2.24, 2.45) is 11.3 Å². The molecule has 2 aromatic rings. The van der Waals surface area contributed by atoms with Crippen molar-refractivity contribution < 1.29 is 4.79 Å². The molecule has 1 aromatic carbocycles. The summed E-state index contributed by atoms with van der Waals surface area (Å²) >= 11 is 0. The molecule has 26 heavy (non-hydrogen) atoms. The van der Waals surface area contributed by atoms with Crippen molar-refractivity contribution >= 4 is 5.91 Å². The van der Waals surface area contributed by atoms with Gasteiger partial charge in [0, 0.05) is 29.9 Å². The van der Waals surface area contributed by atoms with E-state index in [4.69, 9.17) is 0 Å². The molecule has 3 heteroatoms. The summed E-state index contributed by atoms with van der Waals surface area (Å²) in [7, 11) is 0. The Bertz CT molecular complexity index is 737. The number of nitrogens with zero attached hydrogens (tertiary/aromatic N) is 2. The standard InChI is InChI=1S/C23H34N2O/c1-17(2)19(4)25(22(26)23(5,6)7)16-21-12-9-13-24(21)15-20-11-8-10-18(3)14-20/h8-14,17,19H,15-16H2,1-7H3/t19-/m1/s1. The molecular formula is C23H34N2O. The number of aryl methyl sites for hydroxylation is 1. The molecule has 142 valence electrons. The molecular weight excluding hydrogens is 320 g/mol. The number of rotatable bonds is 6. The van der Waals surface area contributed by atoms with Crippen molar-refractivity contribution in [2.75, 3.05) is 0 Å². The highest BCUT2D eigenvalue weighted by atomic mass is 16.2. The molecule has 0 aliphatic rings. The molecule has 1 aromatic heterocycles. The zero-order chi connectivity index (χ0) is 19.5. The van der Waals surface area contributed by atoms with Crippen molar-refractivity contribution in [1.82, 2.24) is 9.47 Å². The van der Waals surface area contributed by atoms with Gasteiger partial charge < -0.3 is 9.47 Å². The van der Waals surface area contributed by atoms with E-state index in [0.29, 0.717) is 12.5 Å². The van der Waals surface area contributed by atoms with Crippen molar-refractivity contribution in [3.8, 4) is 0 Å². The van der Waals surface area contributed by atoms with E-state index in [2.05, 4.69) is 74.9 Å². The number of aromatic nitrogens is 1. The maximum Gasteiger partial charge on any atom is 0.228 e. The fourth-order valence-electron chi connectivity index (χ4n) is 3.12. The van der Waals surface area contributed by atoms with E-state index in [1.54, 1.807) is 0 Å². The van der Waals surface area contributed by atoms with E-state index in [1.165, 1.54) is 16.8 Å². The van der Waals surface area contributed by atoms with Gasteiger partial charge >= 0.3 is 0 Å². The number of amides is 1. The molecule has 3 nitrogen and oxygen atoms in total. The van der Waals surface area contributed by atoms with Crippen LogP contribution in [0.4, 0.5) is 0 Å². The normalized spacial score (nSPS) is 13.1. The monoisotopic (exact) mass is 354 g/mol. The minimum atomic E-state index is -0.378. The van der Waals surface area contributed by atoms with E-state index in [9.17, 15) is 4.79 Å². The van der Waals surface area contributed by atoms with Crippen LogP contribution >= 0.6 is 0 Å². The van der Waals surface area contributed by atoms with Crippen molar-refractivity contribution in [2.45, 2.75) is 67.6 Å². The van der Waals surface area contributed by atoms with Gasteiger partial charge in [-0.25, -0.2) is 0 Å². The average molecular weight is 355 g/mol. The van der Waals surface area contributed by atoms with Crippen LogP contribution in [0.1, 0.15) is 58.4 Å². The lowest BCUT2D eigenvalue weighted by Gasteiger charge is -2.36. The van der Waals surface area contributed by atoms with Gasteiger partial charge in [0.15, 0.2) is 0 Å². The van der Waals surface area contributed by atoms with E-state index in [1.807, 2.05) is 25.7 Å². The Morgan fingerprint density at radius 3 is 2.38 bits per heavy atom. The van der Waals surface area contributed by atoms with E-state index in [0.717, 1.165) is 6.54 Å². The predicted octanol–water partition coefficient (Wildman–Crippen LogP) is 5.26. The van der Waals surface area contributed by atoms with Crippen molar-refractivity contribution in [1.29, 1.82) is 0 Å². The Labute approximate surface area is 159 Å². The molecule has 0 unspecified atom stereocenters. The lowest BCUT2D eigenvalue weighted by Crippen LogP contribution is -2.46. The predicted molar refractivity (Wildman–Crippen MR) is 109 cm³/mol. The summed E-state index contributed by atoms with van der Waals surface area (Å²) in [6.45, 7) is 16.1. The third kappa shape index (κ3) is 5.00. The summed E-state index contributed by atoms with van der Waals surface area (Å²) in [6.07, 6.45) is 2.11. The van der Waals surface area contributed by atoms with E-state index >= 15 is 0 Å². The molecule has 0 saturated heterocycles. The first-order valence-corrected chi connectivity index (χ1v) is 9.60. The molecule has 0 aliphatic carbocycles. The van der Waals surface area contributed by atoms with Crippen LogP contribution in [0.2, 0.25) is 0 Å². The molecule has 2 rings (SSSR count). The highest BCUT2D eigenvalue weighted by Gasteiger charge is 2.31. The van der Waals surface area contributed by atoms with Crippen LogP contribution in [0.3, 0.4) is 0 Å². The maximum absolute atomic E-state index is 13.1. The largest absolute Gasteiger partial charge is 0.345 e. The van der Waals surface area contributed by atoms with Gasteiger partial charge in [0.1, 0.15) is 0 Å². The Kier molecular flexibility index (Phi) is 6.33. The topological polar surface area (TPSA) is 25.2 Å². The maximum atomic E-state index is 13.1. The lowest BCUT2D eigenvalue weighted by molar-refractivity contribution is -0.143. The Balaban J connectivity index is 2.26. The van der Waals surface area contributed by atoms with Gasteiger partial charge in [-0.15, -0.1) is 0 Å². The number of carbonyl (C=O) groups excluding carboxylic acids is 1. The van der Waals surface area contributed by atoms with E-state index in [-0.39, 0.29) is 17.4 Å². The summed E-state index contributed by atoms with van der Waals surface area (Å²) in [5.74, 6) is 0.628. The molecule has 0 N–H and O–H groups in total. The first kappa shape index (κ1) is 20.3. The third-order valence-electron chi connectivity index (χ3n) is 5.05. The van der Waals surface area contributed by atoms with Crippen LogP contribution in [-0.4, -0.2) is 21.4 Å². The second kappa shape index (κ2) is 8.11. The zero-order valence-electron chi connectivity index (χ0n) is 17.4. The zero-order valence-corrected chi connectivity index (χ0v) is 17.4. The first-order chi connectivity index (χ1) is 12.1. The summed E-state index contributed by atoms with van der Waals surface area (Å²) in [6, 6.07) is 13.0. The highest BCUT2D eigenvalue weighted by molar-refractivity contribution is 5.81. The van der Waals surface area contributed by atoms with Crippen molar-refractivity contribution in [3.63, 3.8) is 0 Å². The van der Waals surface area contributed by atoms with E-state index < -0.39 is 0 Å². The smallest absolute Gasteiger partial charge is 0.228 e. The number of carbonyl (C=O) groups is 1. The second-order valence-corrected chi connectivity index (χ2v) is 8.78. The number of hydrogen-bond acceptors (Lipinski definition) is 1. The quantitative estimate of drug-likeness (QED) is 0.694. The summed E-state index contributed by atoms with van der Waals surface area (Å²) in [5.41, 5.74) is 3.36. The lowest BCUT2D eigenvalue weighted by atomic mass is 9.92. The molecule has 0 radical (unpaired) electrons. The van der Waals surface area contributed by atoms with Gasteiger partial charge in [-0.3, -0.25) is 4.79 Å². The van der Waals surface area contributed by atoms with Gasteiger partial charge in [0.25, 0.3) is 0 Å². The number of hydrogen-bond donors (Lipinski definition) is 0. The van der Waals surface area contributed by atoms with Crippen molar-refractivity contribution in [3.05, 3.63) is 59.4 Å². The van der Waals surface area contributed by atoms with Crippen LogP contribution in [0.25, 0.3) is 0 Å². The summed E-state index contributed by atoms with van der Waals surface area (Å²) in [4.78, 5) is 15.1. The molecule has 1 amide bonds. The molecule has 0 spiro atoms. The third-order valence-corrected chi connectivity index (χ3v) is 5.05.